The number of aromatic carboxylic acids is 2. The van der Waals surface area contributed by atoms with Gasteiger partial charge in [0, 0.05) is 33.9 Å². The van der Waals surface area contributed by atoms with Crippen molar-refractivity contribution in [1.29, 1.82) is 0 Å². The summed E-state index contributed by atoms with van der Waals surface area (Å²) in [6.07, 6.45) is 4.38. The molecule has 0 unspecified atom stereocenters. The van der Waals surface area contributed by atoms with Crippen LogP contribution in [-0.4, -0.2) is 25.2 Å². The van der Waals surface area contributed by atoms with Crippen LogP contribution in [0.5, 0.6) is 11.5 Å². The fourth-order valence-corrected chi connectivity index (χ4v) is 5.67. The Morgan fingerprint density at radius 2 is 0.889 bits per heavy atom. The lowest BCUT2D eigenvalue weighted by molar-refractivity contribution is -0.256. The number of benzene rings is 4. The van der Waals surface area contributed by atoms with Crippen molar-refractivity contribution in [2.24, 2.45) is 0 Å². The number of unbranched alkanes of at least 4 members (excludes halogenated alkanes) is 4. The summed E-state index contributed by atoms with van der Waals surface area (Å²) in [6, 6.07) is 19.2. The van der Waals surface area contributed by atoms with Crippen molar-refractivity contribution in [2.45, 2.75) is 32.1 Å². The van der Waals surface area contributed by atoms with Gasteiger partial charge in [0.25, 0.3) is 0 Å². The standard InChI is InChI=1S/C33H30Cl4N2O6/c34-24-16-20(38-28-12-6-4-10-22(28)32(40)41)17-25(35)30(24)44-14-8-2-1-3-9-15-45-31-26(36)18-21(19-27(31)37)39-29-13-7-5-11-23(29)33(42)43/h4-7,10-13,16-19,38-39H,1-3,8-9,14-15H2,(H,40,41)(H,42,43)/p-2. The van der Waals surface area contributed by atoms with E-state index in [-0.39, 0.29) is 11.1 Å². The number of hydrogen-bond donors (Lipinski definition) is 2. The molecule has 0 aromatic heterocycles. The molecule has 0 saturated carbocycles. The van der Waals surface area contributed by atoms with Crippen LogP contribution in [0.2, 0.25) is 20.1 Å². The minimum atomic E-state index is -1.29. The van der Waals surface area contributed by atoms with E-state index < -0.39 is 11.9 Å². The molecule has 0 atom stereocenters. The first-order chi connectivity index (χ1) is 21.6. The van der Waals surface area contributed by atoms with Crippen molar-refractivity contribution in [2.75, 3.05) is 23.8 Å². The number of para-hydroxylation sites is 2. The van der Waals surface area contributed by atoms with Crippen molar-refractivity contribution in [3.63, 3.8) is 0 Å². The zero-order valence-corrected chi connectivity index (χ0v) is 26.9. The Labute approximate surface area is 280 Å². The van der Waals surface area contributed by atoms with Gasteiger partial charge in [0.15, 0.2) is 11.5 Å². The van der Waals surface area contributed by atoms with Crippen LogP contribution in [0.1, 0.15) is 52.8 Å². The van der Waals surface area contributed by atoms with E-state index in [2.05, 4.69) is 10.6 Å². The molecule has 0 aliphatic rings. The number of carbonyl (C=O) groups excluding carboxylic acids is 2. The number of halogens is 4. The molecule has 12 heteroatoms. The highest BCUT2D eigenvalue weighted by atomic mass is 35.5. The molecule has 0 amide bonds. The maximum Gasteiger partial charge on any atom is 0.156 e. The van der Waals surface area contributed by atoms with Crippen molar-refractivity contribution >= 4 is 81.1 Å². The van der Waals surface area contributed by atoms with Gasteiger partial charge < -0.3 is 39.9 Å². The predicted octanol–water partition coefficient (Wildman–Crippen LogP) is 7.92. The fraction of sp³-hybridized carbons (Fsp3) is 0.212. The van der Waals surface area contributed by atoms with E-state index in [1.54, 1.807) is 60.7 Å². The summed E-state index contributed by atoms with van der Waals surface area (Å²) in [7, 11) is 0. The molecule has 45 heavy (non-hydrogen) atoms. The van der Waals surface area contributed by atoms with Crippen LogP contribution < -0.4 is 30.3 Å². The highest BCUT2D eigenvalue weighted by Gasteiger charge is 2.13. The number of hydrogen-bond acceptors (Lipinski definition) is 8. The fourth-order valence-electron chi connectivity index (χ4n) is 4.47. The highest BCUT2D eigenvalue weighted by Crippen LogP contribution is 2.38. The van der Waals surface area contributed by atoms with Gasteiger partial charge >= 0.3 is 0 Å². The number of carboxylic acids is 2. The van der Waals surface area contributed by atoms with Gasteiger partial charge in [0.05, 0.1) is 45.2 Å². The maximum atomic E-state index is 11.4. The molecule has 0 fully saturated rings. The van der Waals surface area contributed by atoms with Gasteiger partial charge in [-0.05, 0) is 49.2 Å². The molecule has 4 rings (SSSR count). The lowest BCUT2D eigenvalue weighted by Gasteiger charge is -2.15. The molecule has 0 aliphatic carbocycles. The topological polar surface area (TPSA) is 123 Å². The van der Waals surface area contributed by atoms with Gasteiger partial charge in [-0.2, -0.15) is 0 Å². The van der Waals surface area contributed by atoms with E-state index in [1.807, 2.05) is 0 Å². The van der Waals surface area contributed by atoms with Crippen LogP contribution in [0.25, 0.3) is 0 Å². The van der Waals surface area contributed by atoms with E-state index in [4.69, 9.17) is 55.9 Å². The van der Waals surface area contributed by atoms with Gasteiger partial charge in [-0.1, -0.05) is 102 Å². The molecule has 2 N–H and O–H groups in total. The average Bonchev–Trinajstić information content (AvgIpc) is 2.99. The molecule has 0 heterocycles. The molecular weight excluding hydrogens is 662 g/mol. The number of rotatable bonds is 16. The van der Waals surface area contributed by atoms with E-state index in [9.17, 15) is 19.8 Å². The second-order valence-corrected chi connectivity index (χ2v) is 11.5. The third-order valence-corrected chi connectivity index (χ3v) is 7.75. The summed E-state index contributed by atoms with van der Waals surface area (Å²) < 4.78 is 11.6. The number of carbonyl (C=O) groups is 2. The lowest BCUT2D eigenvalue weighted by atomic mass is 10.1. The quantitative estimate of drug-likeness (QED) is 0.114. The van der Waals surface area contributed by atoms with Crippen LogP contribution >= 0.6 is 46.4 Å². The third kappa shape index (κ3) is 9.58. The molecule has 0 radical (unpaired) electrons. The van der Waals surface area contributed by atoms with Crippen LogP contribution in [0.3, 0.4) is 0 Å². The molecule has 0 bridgehead atoms. The molecule has 0 saturated heterocycles. The second-order valence-electron chi connectivity index (χ2n) is 9.92. The Hall–Kier alpha value is -3.82. The van der Waals surface area contributed by atoms with E-state index in [0.29, 0.717) is 67.6 Å². The maximum absolute atomic E-state index is 11.4. The normalized spacial score (nSPS) is 10.8. The van der Waals surface area contributed by atoms with Gasteiger partial charge in [-0.3, -0.25) is 0 Å². The van der Waals surface area contributed by atoms with Crippen molar-refractivity contribution < 1.29 is 29.3 Å². The Kier molecular flexibility index (Phi) is 12.5. The Morgan fingerprint density at radius 3 is 1.24 bits per heavy atom. The zero-order valence-electron chi connectivity index (χ0n) is 23.8. The minimum Gasteiger partial charge on any atom is -0.545 e. The molecule has 236 valence electrons. The number of carboxylic acid groups (broad SMARTS) is 2. The molecule has 0 aliphatic heterocycles. The van der Waals surface area contributed by atoms with Gasteiger partial charge in [0.1, 0.15) is 0 Å². The monoisotopic (exact) mass is 688 g/mol. The van der Waals surface area contributed by atoms with Gasteiger partial charge in [-0.15, -0.1) is 0 Å². The predicted molar refractivity (Wildman–Crippen MR) is 175 cm³/mol. The number of anilines is 4. The first-order valence-corrected chi connectivity index (χ1v) is 15.5. The lowest BCUT2D eigenvalue weighted by Crippen LogP contribution is -2.23. The summed E-state index contributed by atoms with van der Waals surface area (Å²) >= 11 is 25.6. The Morgan fingerprint density at radius 1 is 0.556 bits per heavy atom. The molecule has 0 spiro atoms. The van der Waals surface area contributed by atoms with E-state index >= 15 is 0 Å². The van der Waals surface area contributed by atoms with Gasteiger partial charge in [0.2, 0.25) is 0 Å². The number of nitrogens with one attached hydrogen (secondary N) is 2. The minimum absolute atomic E-state index is 0.0206. The summed E-state index contributed by atoms with van der Waals surface area (Å²) in [5, 5.41) is 29.9. The summed E-state index contributed by atoms with van der Waals surface area (Å²) in [5.74, 6) is -1.86. The SMILES string of the molecule is O=C([O-])c1ccccc1Nc1cc(Cl)c(OCCCCCCCOc2c(Cl)cc(Nc3ccccc3C(=O)[O-])cc2Cl)c(Cl)c1. The average molecular weight is 690 g/mol. The second kappa shape index (κ2) is 16.5. The first-order valence-electron chi connectivity index (χ1n) is 14.0. The van der Waals surface area contributed by atoms with Crippen molar-refractivity contribution in [3.05, 3.63) is 104 Å². The van der Waals surface area contributed by atoms with Crippen molar-refractivity contribution in [3.8, 4) is 11.5 Å². The molecule has 4 aromatic carbocycles. The van der Waals surface area contributed by atoms with Crippen molar-refractivity contribution in [1.82, 2.24) is 0 Å². The highest BCUT2D eigenvalue weighted by molar-refractivity contribution is 6.38. The number of ether oxygens (including phenoxy) is 2. The largest absolute Gasteiger partial charge is 0.545 e. The van der Waals surface area contributed by atoms with Crippen LogP contribution in [0.15, 0.2) is 72.8 Å². The van der Waals surface area contributed by atoms with Gasteiger partial charge in [-0.25, -0.2) is 0 Å². The zero-order chi connectivity index (χ0) is 32.3. The molecule has 4 aromatic rings. The van der Waals surface area contributed by atoms with Crippen LogP contribution in [0.4, 0.5) is 22.7 Å². The van der Waals surface area contributed by atoms with E-state index in [1.165, 1.54) is 12.1 Å². The Balaban J connectivity index is 1.16. The van der Waals surface area contributed by atoms with E-state index in [0.717, 1.165) is 32.1 Å². The van der Waals surface area contributed by atoms with Crippen LogP contribution in [-0.2, 0) is 0 Å². The first kappa shape index (κ1) is 34.1. The smallest absolute Gasteiger partial charge is 0.156 e. The molecular formula is C33H28Cl4N2O6-2. The Bertz CT molecular complexity index is 1500. The van der Waals surface area contributed by atoms with Crippen LogP contribution in [0, 0.1) is 0 Å². The summed E-state index contributed by atoms with van der Waals surface area (Å²) in [4.78, 5) is 22.7. The third-order valence-electron chi connectivity index (χ3n) is 6.63. The molecule has 8 nitrogen and oxygen atoms in total. The summed E-state index contributed by atoms with van der Waals surface area (Å²) in [5.41, 5.74) is 1.80. The summed E-state index contributed by atoms with van der Waals surface area (Å²) in [6.45, 7) is 0.852.